The number of nitrogens with one attached hydrogen (secondary N) is 1. The summed E-state index contributed by atoms with van der Waals surface area (Å²) in [5, 5.41) is 6.92. The van der Waals surface area contributed by atoms with Crippen LogP contribution in [0.2, 0.25) is 0 Å². The van der Waals surface area contributed by atoms with Crippen molar-refractivity contribution in [3.63, 3.8) is 0 Å². The minimum Gasteiger partial charge on any atom is -0.347 e. The van der Waals surface area contributed by atoms with Gasteiger partial charge in [0.1, 0.15) is 17.3 Å². The number of hydrogen-bond donors (Lipinski definition) is 1. The molecule has 1 aliphatic rings. The summed E-state index contributed by atoms with van der Waals surface area (Å²) in [7, 11) is 0. The summed E-state index contributed by atoms with van der Waals surface area (Å²) in [4.78, 5) is 24.5. The Morgan fingerprint density at radius 2 is 1.81 bits per heavy atom. The van der Waals surface area contributed by atoms with Crippen molar-refractivity contribution in [1.29, 1.82) is 0 Å². The molecule has 0 saturated heterocycles. The van der Waals surface area contributed by atoms with E-state index >= 15 is 0 Å². The van der Waals surface area contributed by atoms with Crippen LogP contribution < -0.4 is 10.9 Å². The van der Waals surface area contributed by atoms with Gasteiger partial charge in [0.2, 0.25) is 0 Å². The number of hydrogen-bond acceptors (Lipinski definition) is 3. The third kappa shape index (κ3) is 3.62. The summed E-state index contributed by atoms with van der Waals surface area (Å²) < 4.78 is 27.4. The Kier molecular flexibility index (Phi) is 4.27. The van der Waals surface area contributed by atoms with Crippen LogP contribution in [0.15, 0.2) is 65.5 Å². The molecule has 1 heterocycles. The van der Waals surface area contributed by atoms with Gasteiger partial charge >= 0.3 is 0 Å². The molecule has 1 saturated carbocycles. The van der Waals surface area contributed by atoms with Gasteiger partial charge in [-0.05, 0) is 54.4 Å². The molecule has 0 radical (unpaired) electrons. The monoisotopic (exact) mass is 367 g/mol. The number of aromatic nitrogens is 2. The van der Waals surface area contributed by atoms with E-state index in [1.807, 2.05) is 6.07 Å². The molecule has 0 spiro atoms. The average molecular weight is 367 g/mol. The van der Waals surface area contributed by atoms with E-state index in [1.54, 1.807) is 6.07 Å². The van der Waals surface area contributed by atoms with Gasteiger partial charge < -0.3 is 5.32 Å². The Morgan fingerprint density at radius 1 is 1.04 bits per heavy atom. The van der Waals surface area contributed by atoms with E-state index < -0.39 is 17.3 Å². The first-order chi connectivity index (χ1) is 13.0. The van der Waals surface area contributed by atoms with Crippen LogP contribution in [-0.4, -0.2) is 21.7 Å². The summed E-state index contributed by atoms with van der Waals surface area (Å²) in [5.74, 6) is -1.10. The van der Waals surface area contributed by atoms with Crippen LogP contribution in [-0.2, 0) is 0 Å². The number of rotatable bonds is 4. The second-order valence-electron chi connectivity index (χ2n) is 6.42. The molecule has 0 aliphatic heterocycles. The number of carbonyl (C=O) groups excluding carboxylic acids is 1. The van der Waals surface area contributed by atoms with Crippen LogP contribution >= 0.6 is 0 Å². The SMILES string of the molecule is O=C(N[C@@H]1C[C@H]1c1cccc(F)c1)c1ccc(=O)n(-c2ccc(F)cc2)n1. The number of nitrogens with zero attached hydrogens (tertiary/aromatic N) is 2. The molecular formula is C20H15F2N3O2. The number of benzene rings is 2. The molecular weight excluding hydrogens is 352 g/mol. The normalized spacial score (nSPS) is 18.1. The Morgan fingerprint density at radius 3 is 2.56 bits per heavy atom. The first-order valence-corrected chi connectivity index (χ1v) is 8.44. The molecule has 1 aliphatic carbocycles. The second kappa shape index (κ2) is 6.75. The summed E-state index contributed by atoms with van der Waals surface area (Å²) in [6, 6.07) is 14.0. The zero-order chi connectivity index (χ0) is 19.0. The van der Waals surface area contributed by atoms with Crippen LogP contribution in [0, 0.1) is 11.6 Å². The van der Waals surface area contributed by atoms with E-state index in [0.717, 1.165) is 10.2 Å². The quantitative estimate of drug-likeness (QED) is 0.771. The Hall–Kier alpha value is -3.35. The van der Waals surface area contributed by atoms with Crippen molar-refractivity contribution in [2.45, 2.75) is 18.4 Å². The third-order valence-electron chi connectivity index (χ3n) is 4.49. The van der Waals surface area contributed by atoms with Crippen molar-refractivity contribution in [3.05, 3.63) is 93.9 Å². The van der Waals surface area contributed by atoms with Crippen molar-refractivity contribution in [1.82, 2.24) is 15.1 Å². The minimum absolute atomic E-state index is 0.0626. The third-order valence-corrected chi connectivity index (χ3v) is 4.49. The highest BCUT2D eigenvalue weighted by atomic mass is 19.1. The molecule has 27 heavy (non-hydrogen) atoms. The molecule has 5 nitrogen and oxygen atoms in total. The Bertz CT molecular complexity index is 1060. The number of halogens is 2. The van der Waals surface area contributed by atoms with Crippen LogP contribution in [0.4, 0.5) is 8.78 Å². The smallest absolute Gasteiger partial charge is 0.271 e. The topological polar surface area (TPSA) is 64.0 Å². The molecule has 4 rings (SSSR count). The molecule has 2 aromatic carbocycles. The number of carbonyl (C=O) groups is 1. The summed E-state index contributed by atoms with van der Waals surface area (Å²) >= 11 is 0. The predicted octanol–water partition coefficient (Wildman–Crippen LogP) is 2.80. The van der Waals surface area contributed by atoms with E-state index in [2.05, 4.69) is 10.4 Å². The molecule has 1 amide bonds. The van der Waals surface area contributed by atoms with Crippen molar-refractivity contribution in [2.75, 3.05) is 0 Å². The molecule has 0 bridgehead atoms. The van der Waals surface area contributed by atoms with Crippen molar-refractivity contribution in [2.24, 2.45) is 0 Å². The van der Waals surface area contributed by atoms with Crippen molar-refractivity contribution >= 4 is 5.91 Å². The highest BCUT2D eigenvalue weighted by Crippen LogP contribution is 2.40. The van der Waals surface area contributed by atoms with Gasteiger partial charge in [-0.2, -0.15) is 9.78 Å². The Balaban J connectivity index is 1.51. The lowest BCUT2D eigenvalue weighted by molar-refractivity contribution is 0.0943. The molecule has 2 atom stereocenters. The summed E-state index contributed by atoms with van der Waals surface area (Å²) in [6.45, 7) is 0. The van der Waals surface area contributed by atoms with Gasteiger partial charge in [0, 0.05) is 18.0 Å². The van der Waals surface area contributed by atoms with Gasteiger partial charge in [-0.1, -0.05) is 12.1 Å². The average Bonchev–Trinajstić information content (AvgIpc) is 3.42. The molecule has 1 N–H and O–H groups in total. The van der Waals surface area contributed by atoms with Gasteiger partial charge in [-0.3, -0.25) is 9.59 Å². The first-order valence-electron chi connectivity index (χ1n) is 8.44. The fraction of sp³-hybridized carbons (Fsp3) is 0.150. The lowest BCUT2D eigenvalue weighted by atomic mass is 10.1. The highest BCUT2D eigenvalue weighted by Gasteiger charge is 2.40. The summed E-state index contributed by atoms with van der Waals surface area (Å²) in [6.07, 6.45) is 0.715. The maximum Gasteiger partial charge on any atom is 0.271 e. The molecule has 0 unspecified atom stereocenters. The van der Waals surface area contributed by atoms with Crippen LogP contribution in [0.5, 0.6) is 0 Å². The van der Waals surface area contributed by atoms with Crippen LogP contribution in [0.3, 0.4) is 0 Å². The minimum atomic E-state index is -0.433. The van der Waals surface area contributed by atoms with E-state index in [9.17, 15) is 18.4 Å². The van der Waals surface area contributed by atoms with Gasteiger partial charge in [0.25, 0.3) is 11.5 Å². The highest BCUT2D eigenvalue weighted by molar-refractivity contribution is 5.92. The van der Waals surface area contributed by atoms with Crippen molar-refractivity contribution in [3.8, 4) is 5.69 Å². The zero-order valence-electron chi connectivity index (χ0n) is 14.1. The molecule has 7 heteroatoms. The zero-order valence-corrected chi connectivity index (χ0v) is 14.1. The lowest BCUT2D eigenvalue weighted by Gasteiger charge is -2.08. The molecule has 3 aromatic rings. The molecule has 136 valence electrons. The van der Waals surface area contributed by atoms with Gasteiger partial charge in [0.05, 0.1) is 5.69 Å². The fourth-order valence-electron chi connectivity index (χ4n) is 3.00. The van der Waals surface area contributed by atoms with Gasteiger partial charge in [0.15, 0.2) is 0 Å². The molecule has 1 fully saturated rings. The Labute approximate surface area is 153 Å². The molecule has 1 aromatic heterocycles. The maximum absolute atomic E-state index is 13.3. The van der Waals surface area contributed by atoms with Gasteiger partial charge in [-0.15, -0.1) is 0 Å². The van der Waals surface area contributed by atoms with Crippen LogP contribution in [0.25, 0.3) is 5.69 Å². The first kappa shape index (κ1) is 17.1. The van der Waals surface area contributed by atoms with E-state index in [4.69, 9.17) is 0 Å². The van der Waals surface area contributed by atoms with E-state index in [1.165, 1.54) is 48.5 Å². The van der Waals surface area contributed by atoms with Crippen LogP contribution in [0.1, 0.15) is 28.4 Å². The maximum atomic E-state index is 13.3. The largest absolute Gasteiger partial charge is 0.347 e. The van der Waals surface area contributed by atoms with Crippen molar-refractivity contribution < 1.29 is 13.6 Å². The predicted molar refractivity (Wildman–Crippen MR) is 94.8 cm³/mol. The summed E-state index contributed by atoms with van der Waals surface area (Å²) in [5.41, 5.74) is 0.843. The van der Waals surface area contributed by atoms with Gasteiger partial charge in [-0.25, -0.2) is 8.78 Å². The van der Waals surface area contributed by atoms with E-state index in [-0.39, 0.29) is 23.5 Å². The lowest BCUT2D eigenvalue weighted by Crippen LogP contribution is -2.30. The standard InChI is InChI=1S/C20H15F2N3O2/c21-13-4-6-15(7-5-13)25-19(26)9-8-17(24-25)20(27)23-18-11-16(18)12-2-1-3-14(22)10-12/h1-10,16,18H,11H2,(H,23,27)/t16-,18+/m0/s1. The second-order valence-corrected chi connectivity index (χ2v) is 6.42. The fourth-order valence-corrected chi connectivity index (χ4v) is 3.00. The number of amides is 1. The van der Waals surface area contributed by atoms with E-state index in [0.29, 0.717) is 12.1 Å².